The van der Waals surface area contributed by atoms with Crippen molar-refractivity contribution in [2.45, 2.75) is 52.0 Å². The van der Waals surface area contributed by atoms with Crippen molar-refractivity contribution in [1.82, 2.24) is 5.32 Å². The zero-order chi connectivity index (χ0) is 17.5. The van der Waals surface area contributed by atoms with Gasteiger partial charge in [0.1, 0.15) is 0 Å². The van der Waals surface area contributed by atoms with Gasteiger partial charge in [-0.3, -0.25) is 4.79 Å². The monoisotopic (exact) mass is 331 g/mol. The summed E-state index contributed by atoms with van der Waals surface area (Å²) in [5.41, 5.74) is 0.843. The topological polar surface area (TPSA) is 58.6 Å². The zero-order valence-corrected chi connectivity index (χ0v) is 14.9. The largest absolute Gasteiger partial charge is 0.504 e. The minimum Gasteiger partial charge on any atom is -0.504 e. The van der Waals surface area contributed by atoms with Gasteiger partial charge < -0.3 is 15.2 Å². The molecule has 0 radical (unpaired) electrons. The maximum Gasteiger partial charge on any atom is 0.224 e. The Morgan fingerprint density at radius 2 is 2.04 bits per heavy atom. The first-order valence-corrected chi connectivity index (χ1v) is 8.81. The van der Waals surface area contributed by atoms with Crippen LogP contribution in [-0.4, -0.2) is 24.2 Å². The van der Waals surface area contributed by atoms with Crippen LogP contribution in [0.15, 0.2) is 30.4 Å². The number of benzene rings is 1. The van der Waals surface area contributed by atoms with E-state index in [9.17, 15) is 9.90 Å². The van der Waals surface area contributed by atoms with Crippen molar-refractivity contribution in [1.29, 1.82) is 0 Å². The Kier molecular flexibility index (Phi) is 6.71. The van der Waals surface area contributed by atoms with E-state index in [1.165, 1.54) is 7.11 Å². The second kappa shape index (κ2) is 8.76. The van der Waals surface area contributed by atoms with E-state index in [4.69, 9.17) is 4.74 Å². The fourth-order valence-electron chi connectivity index (χ4n) is 3.13. The Morgan fingerprint density at radius 1 is 1.33 bits per heavy atom. The average molecular weight is 331 g/mol. The molecule has 0 aromatic heterocycles. The fourth-order valence-corrected chi connectivity index (χ4v) is 3.13. The van der Waals surface area contributed by atoms with Crippen LogP contribution in [0.5, 0.6) is 11.5 Å². The minimum atomic E-state index is 0.0314. The molecule has 1 amide bonds. The lowest BCUT2D eigenvalue weighted by Crippen LogP contribution is -2.38. The lowest BCUT2D eigenvalue weighted by Gasteiger charge is -2.27. The molecule has 4 heteroatoms. The van der Waals surface area contributed by atoms with Crippen molar-refractivity contribution in [2.75, 3.05) is 7.11 Å². The number of ether oxygens (including phenoxy) is 1. The first kappa shape index (κ1) is 18.4. The van der Waals surface area contributed by atoms with Gasteiger partial charge >= 0.3 is 0 Å². The third-order valence-electron chi connectivity index (χ3n) is 4.51. The van der Waals surface area contributed by atoms with Gasteiger partial charge in [-0.2, -0.15) is 0 Å². The van der Waals surface area contributed by atoms with Crippen LogP contribution >= 0.6 is 0 Å². The number of amides is 1. The van der Waals surface area contributed by atoms with Crippen LogP contribution in [0.1, 0.15) is 45.1 Å². The van der Waals surface area contributed by atoms with E-state index in [1.807, 2.05) is 0 Å². The first-order chi connectivity index (χ1) is 11.5. The minimum absolute atomic E-state index is 0.0314. The number of rotatable bonds is 6. The Labute approximate surface area is 144 Å². The number of aromatic hydroxyl groups is 1. The van der Waals surface area contributed by atoms with E-state index in [0.29, 0.717) is 24.0 Å². The summed E-state index contributed by atoms with van der Waals surface area (Å²) in [4.78, 5) is 12.2. The van der Waals surface area contributed by atoms with Crippen molar-refractivity contribution in [3.8, 4) is 11.5 Å². The average Bonchev–Trinajstić information content (AvgIpc) is 2.56. The highest BCUT2D eigenvalue weighted by molar-refractivity contribution is 5.79. The van der Waals surface area contributed by atoms with E-state index in [1.54, 1.807) is 18.2 Å². The van der Waals surface area contributed by atoms with Crippen molar-refractivity contribution in [3.05, 3.63) is 35.9 Å². The number of phenolic OH excluding ortho intramolecular Hbond substituents is 1. The Bertz CT molecular complexity index is 572. The first-order valence-electron chi connectivity index (χ1n) is 8.81. The smallest absolute Gasteiger partial charge is 0.224 e. The van der Waals surface area contributed by atoms with E-state index in [-0.39, 0.29) is 17.7 Å². The number of carbonyl (C=O) groups excluding carboxylic acids is 1. The van der Waals surface area contributed by atoms with E-state index in [2.05, 4.69) is 31.3 Å². The van der Waals surface area contributed by atoms with Gasteiger partial charge in [0.25, 0.3) is 0 Å². The predicted molar refractivity (Wildman–Crippen MR) is 96.2 cm³/mol. The predicted octanol–water partition coefficient (Wildman–Crippen LogP) is 3.83. The lowest BCUT2D eigenvalue weighted by atomic mass is 9.85. The standard InChI is InChI=1S/C20H29NO3/c1-14(2)4-5-15-6-9-17(10-7-15)21-20(23)13-16-8-11-18(22)19(12-16)24-3/h4-5,8,11-12,14-15,17,22H,6-7,9-10,13H2,1-3H3,(H,21,23)/b5-4+. The molecule has 4 nitrogen and oxygen atoms in total. The van der Waals surface area contributed by atoms with Gasteiger partial charge in [0.05, 0.1) is 13.5 Å². The van der Waals surface area contributed by atoms with Gasteiger partial charge in [0, 0.05) is 6.04 Å². The number of phenols is 1. The molecule has 1 aliphatic carbocycles. The summed E-state index contributed by atoms with van der Waals surface area (Å²) < 4.78 is 5.08. The Morgan fingerprint density at radius 3 is 2.67 bits per heavy atom. The molecule has 1 fully saturated rings. The van der Waals surface area contributed by atoms with Crippen LogP contribution in [0.3, 0.4) is 0 Å². The summed E-state index contributed by atoms with van der Waals surface area (Å²) in [6.45, 7) is 4.39. The van der Waals surface area contributed by atoms with E-state index >= 15 is 0 Å². The highest BCUT2D eigenvalue weighted by Gasteiger charge is 2.21. The molecule has 132 valence electrons. The van der Waals surface area contributed by atoms with Crippen LogP contribution in [0, 0.1) is 11.8 Å². The SMILES string of the molecule is COc1cc(CC(=O)NC2CCC(/C=C/C(C)C)CC2)ccc1O. The molecular weight excluding hydrogens is 302 g/mol. The Balaban J connectivity index is 1.79. The van der Waals surface area contributed by atoms with Crippen LogP contribution in [0.4, 0.5) is 0 Å². The molecule has 0 bridgehead atoms. The van der Waals surface area contributed by atoms with Gasteiger partial charge in [-0.25, -0.2) is 0 Å². The molecule has 1 aromatic rings. The van der Waals surface area contributed by atoms with Crippen molar-refractivity contribution >= 4 is 5.91 Å². The molecule has 1 saturated carbocycles. The molecule has 24 heavy (non-hydrogen) atoms. The number of nitrogens with one attached hydrogen (secondary N) is 1. The fraction of sp³-hybridized carbons (Fsp3) is 0.550. The normalized spacial score (nSPS) is 21.2. The molecule has 0 unspecified atom stereocenters. The third kappa shape index (κ3) is 5.59. The summed E-state index contributed by atoms with van der Waals surface area (Å²) in [5, 5.41) is 12.7. The van der Waals surface area contributed by atoms with Gasteiger partial charge in [0.2, 0.25) is 5.91 Å². The Hall–Kier alpha value is -1.97. The molecule has 1 aliphatic rings. The second-order valence-electron chi connectivity index (χ2n) is 6.99. The molecule has 0 spiro atoms. The van der Waals surface area contributed by atoms with Crippen molar-refractivity contribution in [2.24, 2.45) is 11.8 Å². The van der Waals surface area contributed by atoms with E-state index < -0.39 is 0 Å². The highest BCUT2D eigenvalue weighted by atomic mass is 16.5. The molecule has 2 N–H and O–H groups in total. The van der Waals surface area contributed by atoms with Gasteiger partial charge in [-0.15, -0.1) is 0 Å². The summed E-state index contributed by atoms with van der Waals surface area (Å²) >= 11 is 0. The number of allylic oxidation sites excluding steroid dienone is 2. The number of carbonyl (C=O) groups is 1. The van der Waals surface area contributed by atoms with Crippen LogP contribution in [-0.2, 0) is 11.2 Å². The third-order valence-corrected chi connectivity index (χ3v) is 4.51. The molecule has 1 aromatic carbocycles. The van der Waals surface area contributed by atoms with Gasteiger partial charge in [-0.1, -0.05) is 32.1 Å². The number of methoxy groups -OCH3 is 1. The number of hydrogen-bond donors (Lipinski definition) is 2. The zero-order valence-electron chi connectivity index (χ0n) is 14.9. The van der Waals surface area contributed by atoms with Crippen LogP contribution in [0.25, 0.3) is 0 Å². The van der Waals surface area contributed by atoms with E-state index in [0.717, 1.165) is 31.2 Å². The molecule has 0 aliphatic heterocycles. The van der Waals surface area contributed by atoms with Crippen molar-refractivity contribution < 1.29 is 14.6 Å². The quantitative estimate of drug-likeness (QED) is 0.779. The summed E-state index contributed by atoms with van der Waals surface area (Å²) in [6.07, 6.45) is 9.29. The molecule has 0 atom stereocenters. The van der Waals surface area contributed by atoms with Gasteiger partial charge in [0.15, 0.2) is 11.5 Å². The highest BCUT2D eigenvalue weighted by Crippen LogP contribution is 2.27. The summed E-state index contributed by atoms with van der Waals surface area (Å²) in [6, 6.07) is 5.31. The second-order valence-corrected chi connectivity index (χ2v) is 6.99. The molecule has 2 rings (SSSR count). The molecule has 0 saturated heterocycles. The lowest BCUT2D eigenvalue weighted by molar-refractivity contribution is -0.121. The maximum atomic E-state index is 12.2. The van der Waals surface area contributed by atoms with Crippen molar-refractivity contribution in [3.63, 3.8) is 0 Å². The van der Waals surface area contributed by atoms with Crippen LogP contribution < -0.4 is 10.1 Å². The summed E-state index contributed by atoms with van der Waals surface area (Å²) in [5.74, 6) is 1.78. The summed E-state index contributed by atoms with van der Waals surface area (Å²) in [7, 11) is 1.51. The maximum absolute atomic E-state index is 12.2. The molecule has 0 heterocycles. The van der Waals surface area contributed by atoms with Gasteiger partial charge in [-0.05, 0) is 55.2 Å². The molecular formula is C20H29NO3. The van der Waals surface area contributed by atoms with Crippen LogP contribution in [0.2, 0.25) is 0 Å². The number of hydrogen-bond acceptors (Lipinski definition) is 3.